The maximum absolute atomic E-state index is 14.0. The van der Waals surface area contributed by atoms with Crippen molar-refractivity contribution in [2.24, 2.45) is 16.6 Å². The van der Waals surface area contributed by atoms with Crippen LogP contribution in [0.5, 0.6) is 0 Å². The second-order valence-corrected chi connectivity index (χ2v) is 9.91. The lowest BCUT2D eigenvalue weighted by Crippen LogP contribution is -2.43. The second kappa shape index (κ2) is 10.5. The van der Waals surface area contributed by atoms with E-state index in [2.05, 4.69) is 0 Å². The van der Waals surface area contributed by atoms with E-state index in [1.165, 1.54) is 19.3 Å². The number of carbonyl (C=O) groups excluding carboxylic acids is 2. The van der Waals surface area contributed by atoms with Gasteiger partial charge in [0.15, 0.2) is 17.3 Å². The summed E-state index contributed by atoms with van der Waals surface area (Å²) in [4.78, 5) is 33.7. The van der Waals surface area contributed by atoms with Gasteiger partial charge in [0.05, 0.1) is 6.54 Å². The van der Waals surface area contributed by atoms with Gasteiger partial charge in [0.2, 0.25) is 0 Å². The fraction of sp³-hybridized carbons (Fsp3) is 0.323. The minimum absolute atomic E-state index is 0.0874. The lowest BCUT2D eigenvalue weighted by Gasteiger charge is -2.27. The monoisotopic (exact) mass is 479 g/mol. The standard InChI is InChI=1S/C31H33N3O2/c32-30-33-31(26-17-8-4-9-18-26,27-19-10-5-11-20-27)29(36)34(30)22-23-13-12-16-25(21-23)28(35)24-14-6-2-1-3-7-15-24/h4-5,8-13,16-21,24H,1-3,6-7,14-15,22H2,(H2,32,33). The number of aliphatic imine (C=N–C) groups is 1. The van der Waals surface area contributed by atoms with E-state index in [0.717, 1.165) is 47.9 Å². The Kier molecular flexibility index (Phi) is 6.99. The molecule has 0 saturated heterocycles. The summed E-state index contributed by atoms with van der Waals surface area (Å²) < 4.78 is 0. The molecule has 0 radical (unpaired) electrons. The Morgan fingerprint density at radius 2 is 1.42 bits per heavy atom. The first-order valence-corrected chi connectivity index (χ1v) is 13.0. The van der Waals surface area contributed by atoms with Crippen LogP contribution in [0.15, 0.2) is 89.9 Å². The molecular weight excluding hydrogens is 446 g/mol. The van der Waals surface area contributed by atoms with Gasteiger partial charge < -0.3 is 5.73 Å². The SMILES string of the molecule is NC1=NC(c2ccccc2)(c2ccccc2)C(=O)N1Cc1cccc(C(=O)C2CCCCCCC2)c1. The summed E-state index contributed by atoms with van der Waals surface area (Å²) in [6, 6.07) is 26.8. The molecule has 3 aromatic carbocycles. The number of guanidine groups is 1. The van der Waals surface area contributed by atoms with Crippen molar-refractivity contribution >= 4 is 17.6 Å². The first kappa shape index (κ1) is 24.0. The zero-order valence-electron chi connectivity index (χ0n) is 20.6. The molecule has 0 aromatic heterocycles. The van der Waals surface area contributed by atoms with Crippen molar-refractivity contribution in [2.75, 3.05) is 0 Å². The molecule has 5 heteroatoms. The van der Waals surface area contributed by atoms with Gasteiger partial charge in [0.1, 0.15) is 0 Å². The van der Waals surface area contributed by atoms with Gasteiger partial charge in [-0.3, -0.25) is 14.5 Å². The molecule has 1 amide bonds. The molecule has 36 heavy (non-hydrogen) atoms. The molecule has 0 bridgehead atoms. The third-order valence-corrected chi connectivity index (χ3v) is 7.52. The van der Waals surface area contributed by atoms with E-state index in [0.29, 0.717) is 0 Å². The number of carbonyl (C=O) groups is 2. The molecule has 1 heterocycles. The summed E-state index contributed by atoms with van der Waals surface area (Å²) in [6.45, 7) is 0.265. The maximum atomic E-state index is 14.0. The van der Waals surface area contributed by atoms with E-state index in [4.69, 9.17) is 10.7 Å². The van der Waals surface area contributed by atoms with Gasteiger partial charge in [-0.2, -0.15) is 0 Å². The summed E-state index contributed by atoms with van der Waals surface area (Å²) in [7, 11) is 0. The van der Waals surface area contributed by atoms with Crippen molar-refractivity contribution in [3.63, 3.8) is 0 Å². The molecule has 5 rings (SSSR count). The first-order chi connectivity index (χ1) is 17.6. The minimum Gasteiger partial charge on any atom is -0.369 e. The normalized spacial score (nSPS) is 18.4. The number of amides is 1. The first-order valence-electron chi connectivity index (χ1n) is 13.0. The Morgan fingerprint density at radius 1 is 0.833 bits per heavy atom. The van der Waals surface area contributed by atoms with Gasteiger partial charge in [-0.05, 0) is 35.6 Å². The molecule has 5 nitrogen and oxygen atoms in total. The summed E-state index contributed by atoms with van der Waals surface area (Å²) >= 11 is 0. The molecule has 1 aliphatic carbocycles. The largest absolute Gasteiger partial charge is 0.369 e. The highest BCUT2D eigenvalue weighted by atomic mass is 16.2. The molecular formula is C31H33N3O2. The summed E-state index contributed by atoms with van der Waals surface area (Å²) in [6.07, 6.45) is 7.86. The molecule has 184 valence electrons. The Bertz CT molecular complexity index is 1210. The number of Topliss-reactive ketones (excluding diaryl/α,β-unsaturated/α-hetero) is 1. The van der Waals surface area contributed by atoms with E-state index in [9.17, 15) is 9.59 Å². The summed E-state index contributed by atoms with van der Waals surface area (Å²) in [5.74, 6) is 0.305. The van der Waals surface area contributed by atoms with Crippen LogP contribution in [0.25, 0.3) is 0 Å². The van der Waals surface area contributed by atoms with Crippen molar-refractivity contribution in [3.05, 3.63) is 107 Å². The van der Waals surface area contributed by atoms with Crippen LogP contribution in [0.3, 0.4) is 0 Å². The van der Waals surface area contributed by atoms with Crippen molar-refractivity contribution in [2.45, 2.75) is 57.0 Å². The van der Waals surface area contributed by atoms with Gasteiger partial charge in [-0.25, -0.2) is 4.99 Å². The van der Waals surface area contributed by atoms with Crippen molar-refractivity contribution in [1.82, 2.24) is 4.90 Å². The highest BCUT2D eigenvalue weighted by Gasteiger charge is 2.50. The molecule has 0 unspecified atom stereocenters. The molecule has 2 aliphatic rings. The van der Waals surface area contributed by atoms with Gasteiger partial charge >= 0.3 is 0 Å². The van der Waals surface area contributed by atoms with Crippen LogP contribution in [0.4, 0.5) is 0 Å². The van der Waals surface area contributed by atoms with Crippen LogP contribution in [-0.2, 0) is 16.9 Å². The fourth-order valence-corrected chi connectivity index (χ4v) is 5.59. The van der Waals surface area contributed by atoms with Gasteiger partial charge in [-0.15, -0.1) is 0 Å². The van der Waals surface area contributed by atoms with E-state index in [1.54, 1.807) is 4.90 Å². The van der Waals surface area contributed by atoms with Crippen molar-refractivity contribution in [1.29, 1.82) is 0 Å². The van der Waals surface area contributed by atoms with E-state index in [-0.39, 0.29) is 30.1 Å². The van der Waals surface area contributed by atoms with Crippen molar-refractivity contribution in [3.8, 4) is 0 Å². The number of rotatable bonds is 6. The van der Waals surface area contributed by atoms with Gasteiger partial charge in [0, 0.05) is 11.5 Å². The van der Waals surface area contributed by atoms with E-state index >= 15 is 0 Å². The van der Waals surface area contributed by atoms with Crippen LogP contribution in [0.1, 0.15) is 72.0 Å². The molecule has 0 atom stereocenters. The van der Waals surface area contributed by atoms with Crippen LogP contribution in [-0.4, -0.2) is 22.5 Å². The number of nitrogens with zero attached hydrogens (tertiary/aromatic N) is 2. The third kappa shape index (κ3) is 4.58. The highest BCUT2D eigenvalue weighted by Crippen LogP contribution is 2.40. The maximum Gasteiger partial charge on any atom is 0.266 e. The quantitative estimate of drug-likeness (QED) is 0.452. The Hall–Kier alpha value is -3.73. The zero-order chi connectivity index (χ0) is 25.0. The molecule has 0 spiro atoms. The van der Waals surface area contributed by atoms with E-state index in [1.807, 2.05) is 84.9 Å². The predicted molar refractivity (Wildman–Crippen MR) is 142 cm³/mol. The average molecular weight is 480 g/mol. The molecule has 2 N–H and O–H groups in total. The fourth-order valence-electron chi connectivity index (χ4n) is 5.59. The Labute approximate surface area is 213 Å². The Morgan fingerprint density at radius 3 is 2.03 bits per heavy atom. The van der Waals surface area contributed by atoms with E-state index < -0.39 is 5.54 Å². The van der Waals surface area contributed by atoms with Crippen LogP contribution in [0.2, 0.25) is 0 Å². The number of nitrogens with two attached hydrogens (primary N) is 1. The number of hydrogen-bond acceptors (Lipinski definition) is 4. The topological polar surface area (TPSA) is 75.8 Å². The highest BCUT2D eigenvalue weighted by molar-refractivity contribution is 6.09. The minimum atomic E-state index is -1.22. The van der Waals surface area contributed by atoms with Gasteiger partial charge in [-0.1, -0.05) is 111 Å². The molecule has 1 fully saturated rings. The van der Waals surface area contributed by atoms with Crippen molar-refractivity contribution < 1.29 is 9.59 Å². The number of ketones is 1. The molecule has 3 aromatic rings. The molecule has 1 aliphatic heterocycles. The van der Waals surface area contributed by atoms with Crippen LogP contribution >= 0.6 is 0 Å². The Balaban J connectivity index is 1.42. The number of hydrogen-bond donors (Lipinski definition) is 1. The lowest BCUT2D eigenvalue weighted by molar-refractivity contribution is -0.130. The average Bonchev–Trinajstić information content (AvgIpc) is 3.15. The zero-order valence-corrected chi connectivity index (χ0v) is 20.6. The summed E-state index contributed by atoms with van der Waals surface area (Å²) in [5.41, 5.74) is 8.33. The lowest BCUT2D eigenvalue weighted by atomic mass is 9.83. The van der Waals surface area contributed by atoms with Crippen LogP contribution < -0.4 is 5.73 Å². The number of benzene rings is 3. The van der Waals surface area contributed by atoms with Gasteiger partial charge in [0.25, 0.3) is 5.91 Å². The third-order valence-electron chi connectivity index (χ3n) is 7.52. The predicted octanol–water partition coefficient (Wildman–Crippen LogP) is 5.83. The second-order valence-electron chi connectivity index (χ2n) is 9.91. The van der Waals surface area contributed by atoms with Crippen LogP contribution in [0, 0.1) is 5.92 Å². The molecule has 1 saturated carbocycles. The smallest absolute Gasteiger partial charge is 0.266 e. The summed E-state index contributed by atoms with van der Waals surface area (Å²) in [5, 5.41) is 0.